The van der Waals surface area contributed by atoms with Gasteiger partial charge in [0.1, 0.15) is 5.82 Å². The lowest BCUT2D eigenvalue weighted by Gasteiger charge is -2.09. The van der Waals surface area contributed by atoms with Crippen molar-refractivity contribution in [3.8, 4) is 0 Å². The number of amides is 1. The zero-order valence-electron chi connectivity index (χ0n) is 13.9. The minimum atomic E-state index is -3.67. The molecular weight excluding hydrogens is 347 g/mol. The van der Waals surface area contributed by atoms with Gasteiger partial charge in [-0.2, -0.15) is 0 Å². The van der Waals surface area contributed by atoms with E-state index in [0.29, 0.717) is 0 Å². The van der Waals surface area contributed by atoms with Crippen LogP contribution in [-0.4, -0.2) is 34.6 Å². The summed E-state index contributed by atoms with van der Waals surface area (Å²) in [4.78, 5) is 12.2. The van der Waals surface area contributed by atoms with E-state index < -0.39 is 21.7 Å². The molecular formula is C17H19FN2O4S. The number of rotatable bonds is 7. The van der Waals surface area contributed by atoms with Crippen LogP contribution in [0.2, 0.25) is 0 Å². The van der Waals surface area contributed by atoms with E-state index in [4.69, 9.17) is 4.74 Å². The van der Waals surface area contributed by atoms with Crippen molar-refractivity contribution in [1.29, 1.82) is 0 Å². The van der Waals surface area contributed by atoms with Gasteiger partial charge in [0.05, 0.1) is 17.2 Å². The second-order valence-electron chi connectivity index (χ2n) is 5.35. The van der Waals surface area contributed by atoms with Crippen LogP contribution in [0.25, 0.3) is 0 Å². The average Bonchev–Trinajstić information content (AvgIpc) is 2.58. The lowest BCUT2D eigenvalue weighted by atomic mass is 10.2. The maximum Gasteiger partial charge on any atom is 0.255 e. The van der Waals surface area contributed by atoms with Gasteiger partial charge in [0.25, 0.3) is 5.91 Å². The number of ether oxygens (including phenoxy) is 1. The molecule has 2 aromatic rings. The number of nitrogens with one attached hydrogen (secondary N) is 2. The molecule has 0 fully saturated rings. The third-order valence-electron chi connectivity index (χ3n) is 3.40. The fourth-order valence-corrected chi connectivity index (χ4v) is 3.09. The van der Waals surface area contributed by atoms with Crippen LogP contribution in [0.15, 0.2) is 47.4 Å². The molecule has 0 aliphatic rings. The van der Waals surface area contributed by atoms with Crippen LogP contribution in [0.5, 0.6) is 0 Å². The van der Waals surface area contributed by atoms with Gasteiger partial charge in [-0.3, -0.25) is 4.79 Å². The number of halogens is 1. The van der Waals surface area contributed by atoms with Crippen molar-refractivity contribution in [1.82, 2.24) is 4.72 Å². The van der Waals surface area contributed by atoms with E-state index in [0.717, 1.165) is 5.56 Å². The molecule has 0 aliphatic heterocycles. The van der Waals surface area contributed by atoms with E-state index in [1.165, 1.54) is 43.5 Å². The summed E-state index contributed by atoms with van der Waals surface area (Å²) in [5, 5.41) is 2.47. The zero-order chi connectivity index (χ0) is 18.4. The summed E-state index contributed by atoms with van der Waals surface area (Å²) >= 11 is 0. The molecule has 0 aromatic heterocycles. The molecule has 0 spiro atoms. The molecule has 0 saturated carbocycles. The molecule has 0 heterocycles. The van der Waals surface area contributed by atoms with Crippen molar-refractivity contribution in [2.24, 2.45) is 0 Å². The van der Waals surface area contributed by atoms with Gasteiger partial charge in [-0.1, -0.05) is 6.07 Å². The Morgan fingerprint density at radius 2 is 1.84 bits per heavy atom. The molecule has 0 saturated heterocycles. The quantitative estimate of drug-likeness (QED) is 0.737. The highest BCUT2D eigenvalue weighted by Gasteiger charge is 2.15. The van der Waals surface area contributed by atoms with Crippen molar-refractivity contribution in [2.75, 3.05) is 25.6 Å². The van der Waals surface area contributed by atoms with Crippen LogP contribution in [0.3, 0.4) is 0 Å². The summed E-state index contributed by atoms with van der Waals surface area (Å²) in [5.74, 6) is -1.07. The molecule has 134 valence electrons. The normalized spacial score (nSPS) is 11.3. The molecule has 0 atom stereocenters. The highest BCUT2D eigenvalue weighted by atomic mass is 32.2. The van der Waals surface area contributed by atoms with Gasteiger partial charge in [-0.05, 0) is 48.9 Å². The summed E-state index contributed by atoms with van der Waals surface area (Å²) in [5.41, 5.74) is 1.10. The number of carbonyl (C=O) groups is 1. The van der Waals surface area contributed by atoms with Crippen molar-refractivity contribution < 1.29 is 22.3 Å². The summed E-state index contributed by atoms with van der Waals surface area (Å²) in [6.45, 7) is 2.18. The Kier molecular flexibility index (Phi) is 6.24. The number of methoxy groups -OCH3 is 1. The number of carbonyl (C=O) groups excluding carboxylic acids is 1. The monoisotopic (exact) mass is 366 g/mol. The fourth-order valence-electron chi connectivity index (χ4n) is 2.08. The molecule has 1 amide bonds. The van der Waals surface area contributed by atoms with Gasteiger partial charge in [0, 0.05) is 19.2 Å². The predicted octanol–water partition coefficient (Wildman–Crippen LogP) is 2.31. The Balaban J connectivity index is 2.11. The molecule has 0 unspecified atom stereocenters. The van der Waals surface area contributed by atoms with Gasteiger partial charge in [-0.15, -0.1) is 0 Å². The molecule has 0 aliphatic carbocycles. The predicted molar refractivity (Wildman–Crippen MR) is 92.6 cm³/mol. The van der Waals surface area contributed by atoms with Gasteiger partial charge in [0.15, 0.2) is 0 Å². The zero-order valence-corrected chi connectivity index (χ0v) is 14.7. The number of benzene rings is 2. The average molecular weight is 366 g/mol. The molecule has 2 rings (SSSR count). The van der Waals surface area contributed by atoms with Crippen molar-refractivity contribution in [2.45, 2.75) is 11.8 Å². The van der Waals surface area contributed by atoms with Gasteiger partial charge in [-0.25, -0.2) is 17.5 Å². The number of hydrogen-bond acceptors (Lipinski definition) is 4. The Morgan fingerprint density at radius 3 is 2.48 bits per heavy atom. The maximum atomic E-state index is 13.7. The number of aryl methyl sites for hydroxylation is 1. The maximum absolute atomic E-state index is 13.7. The minimum absolute atomic E-state index is 0.0295. The second-order valence-corrected chi connectivity index (χ2v) is 7.12. The fraction of sp³-hybridized carbons (Fsp3) is 0.235. The van der Waals surface area contributed by atoms with Gasteiger partial charge < -0.3 is 10.1 Å². The topological polar surface area (TPSA) is 84.5 Å². The van der Waals surface area contributed by atoms with Crippen LogP contribution in [0, 0.1) is 12.7 Å². The molecule has 0 bridgehead atoms. The lowest BCUT2D eigenvalue weighted by molar-refractivity contribution is 0.102. The molecule has 2 N–H and O–H groups in total. The highest BCUT2D eigenvalue weighted by Crippen LogP contribution is 2.17. The molecule has 2 aromatic carbocycles. The summed E-state index contributed by atoms with van der Waals surface area (Å²) in [7, 11) is -2.20. The van der Waals surface area contributed by atoms with Crippen LogP contribution in [-0.2, 0) is 14.8 Å². The van der Waals surface area contributed by atoms with Crippen molar-refractivity contribution >= 4 is 21.6 Å². The highest BCUT2D eigenvalue weighted by molar-refractivity contribution is 7.89. The van der Waals surface area contributed by atoms with E-state index in [1.807, 2.05) is 0 Å². The van der Waals surface area contributed by atoms with Crippen molar-refractivity contribution in [3.05, 3.63) is 59.4 Å². The number of anilines is 1. The van der Waals surface area contributed by atoms with E-state index in [2.05, 4.69) is 10.0 Å². The Bertz CT molecular complexity index is 851. The molecule has 25 heavy (non-hydrogen) atoms. The van der Waals surface area contributed by atoms with Crippen molar-refractivity contribution in [3.63, 3.8) is 0 Å². The lowest BCUT2D eigenvalue weighted by Crippen LogP contribution is -2.27. The minimum Gasteiger partial charge on any atom is -0.383 e. The second kappa shape index (κ2) is 8.19. The first-order chi connectivity index (χ1) is 11.8. The Labute approximate surface area is 146 Å². The number of sulfonamides is 1. The third-order valence-corrected chi connectivity index (χ3v) is 4.87. The van der Waals surface area contributed by atoms with E-state index in [9.17, 15) is 17.6 Å². The van der Waals surface area contributed by atoms with E-state index >= 15 is 0 Å². The first-order valence-corrected chi connectivity index (χ1v) is 8.98. The number of hydrogen-bond donors (Lipinski definition) is 2. The Hall–Kier alpha value is -2.29. The third kappa shape index (κ3) is 5.09. The standard InChI is InChI=1S/C17H19FN2O4S/c1-12-3-8-15(18)16(11-12)20-17(21)13-4-6-14(7-5-13)25(22,23)19-9-10-24-2/h3-8,11,19H,9-10H2,1-2H3,(H,20,21). The first-order valence-electron chi connectivity index (χ1n) is 7.49. The van der Waals surface area contributed by atoms with Crippen LogP contribution < -0.4 is 10.0 Å². The molecule has 0 radical (unpaired) electrons. The summed E-state index contributed by atoms with van der Waals surface area (Å²) in [6.07, 6.45) is 0. The van der Waals surface area contributed by atoms with E-state index in [1.54, 1.807) is 13.0 Å². The summed E-state index contributed by atoms with van der Waals surface area (Å²) < 4.78 is 45.0. The molecule has 6 nitrogen and oxygen atoms in total. The van der Waals surface area contributed by atoms with Crippen LogP contribution in [0.1, 0.15) is 15.9 Å². The van der Waals surface area contributed by atoms with Crippen LogP contribution >= 0.6 is 0 Å². The van der Waals surface area contributed by atoms with Gasteiger partial charge in [0.2, 0.25) is 10.0 Å². The summed E-state index contributed by atoms with van der Waals surface area (Å²) in [6, 6.07) is 9.76. The Morgan fingerprint density at radius 1 is 1.16 bits per heavy atom. The largest absolute Gasteiger partial charge is 0.383 e. The molecule has 8 heteroatoms. The first kappa shape index (κ1) is 19.0. The van der Waals surface area contributed by atoms with Crippen LogP contribution in [0.4, 0.5) is 10.1 Å². The van der Waals surface area contributed by atoms with E-state index in [-0.39, 0.29) is 29.3 Å². The van der Waals surface area contributed by atoms with Gasteiger partial charge >= 0.3 is 0 Å². The SMILES string of the molecule is COCCNS(=O)(=O)c1ccc(C(=O)Nc2cc(C)ccc2F)cc1. The smallest absolute Gasteiger partial charge is 0.255 e.